The van der Waals surface area contributed by atoms with Crippen LogP contribution in [-0.4, -0.2) is 30.2 Å². The molecule has 1 aromatic carbocycles. The SMILES string of the molecule is CCCN(CCC)c1nccc(NCc2ccc(OC)cc2)n1. The summed E-state index contributed by atoms with van der Waals surface area (Å²) < 4.78 is 5.17. The number of methoxy groups -OCH3 is 1. The van der Waals surface area contributed by atoms with E-state index in [0.29, 0.717) is 0 Å². The Morgan fingerprint density at radius 2 is 1.74 bits per heavy atom. The Morgan fingerprint density at radius 1 is 1.04 bits per heavy atom. The highest BCUT2D eigenvalue weighted by Gasteiger charge is 2.08. The summed E-state index contributed by atoms with van der Waals surface area (Å²) in [5.74, 6) is 2.52. The minimum atomic E-state index is 0.724. The van der Waals surface area contributed by atoms with Gasteiger partial charge in [0.1, 0.15) is 11.6 Å². The van der Waals surface area contributed by atoms with Gasteiger partial charge in [0.15, 0.2) is 0 Å². The van der Waals surface area contributed by atoms with E-state index in [-0.39, 0.29) is 0 Å². The molecule has 23 heavy (non-hydrogen) atoms. The van der Waals surface area contributed by atoms with Crippen molar-refractivity contribution >= 4 is 11.8 Å². The van der Waals surface area contributed by atoms with Crippen LogP contribution in [0.5, 0.6) is 5.75 Å². The number of aromatic nitrogens is 2. The van der Waals surface area contributed by atoms with Crippen LogP contribution in [0, 0.1) is 0 Å². The van der Waals surface area contributed by atoms with Gasteiger partial charge in [-0.05, 0) is 36.6 Å². The van der Waals surface area contributed by atoms with E-state index in [4.69, 9.17) is 4.74 Å². The molecule has 2 aromatic rings. The molecule has 0 bridgehead atoms. The van der Waals surface area contributed by atoms with E-state index < -0.39 is 0 Å². The average Bonchev–Trinajstić information content (AvgIpc) is 2.60. The first-order valence-corrected chi connectivity index (χ1v) is 8.21. The molecule has 0 atom stereocenters. The lowest BCUT2D eigenvalue weighted by Crippen LogP contribution is -2.27. The van der Waals surface area contributed by atoms with Crippen LogP contribution in [0.25, 0.3) is 0 Å². The number of nitrogens with one attached hydrogen (secondary N) is 1. The minimum Gasteiger partial charge on any atom is -0.497 e. The first-order chi connectivity index (χ1) is 11.3. The summed E-state index contributed by atoms with van der Waals surface area (Å²) in [4.78, 5) is 11.3. The van der Waals surface area contributed by atoms with Crippen LogP contribution in [0.15, 0.2) is 36.5 Å². The molecule has 1 aromatic heterocycles. The predicted molar refractivity (Wildman–Crippen MR) is 95.1 cm³/mol. The Hall–Kier alpha value is -2.30. The summed E-state index contributed by atoms with van der Waals surface area (Å²) in [5.41, 5.74) is 1.19. The van der Waals surface area contributed by atoms with Crippen LogP contribution in [0.2, 0.25) is 0 Å². The van der Waals surface area contributed by atoms with E-state index in [0.717, 1.165) is 50.0 Å². The van der Waals surface area contributed by atoms with Crippen LogP contribution in [0.3, 0.4) is 0 Å². The molecule has 0 saturated heterocycles. The third-order valence-electron chi connectivity index (χ3n) is 3.55. The lowest BCUT2D eigenvalue weighted by molar-refractivity contribution is 0.414. The van der Waals surface area contributed by atoms with E-state index >= 15 is 0 Å². The topological polar surface area (TPSA) is 50.3 Å². The van der Waals surface area contributed by atoms with E-state index in [1.54, 1.807) is 7.11 Å². The summed E-state index contributed by atoms with van der Waals surface area (Å²) >= 11 is 0. The van der Waals surface area contributed by atoms with Crippen LogP contribution in [0.1, 0.15) is 32.3 Å². The molecule has 0 fully saturated rings. The van der Waals surface area contributed by atoms with Crippen molar-refractivity contribution in [3.63, 3.8) is 0 Å². The molecule has 0 saturated carbocycles. The number of hydrogen-bond acceptors (Lipinski definition) is 5. The Kier molecular flexibility index (Phi) is 6.66. The maximum absolute atomic E-state index is 5.17. The molecule has 0 aliphatic heterocycles. The molecule has 0 aliphatic rings. The van der Waals surface area contributed by atoms with Gasteiger partial charge in [0.25, 0.3) is 0 Å². The number of benzene rings is 1. The zero-order valence-corrected chi connectivity index (χ0v) is 14.2. The average molecular weight is 314 g/mol. The van der Waals surface area contributed by atoms with E-state index in [9.17, 15) is 0 Å². The predicted octanol–water partition coefficient (Wildman–Crippen LogP) is 3.72. The summed E-state index contributed by atoms with van der Waals surface area (Å²) in [6.07, 6.45) is 4.00. The van der Waals surface area contributed by atoms with Gasteiger partial charge in [-0.15, -0.1) is 0 Å². The zero-order chi connectivity index (χ0) is 16.5. The van der Waals surface area contributed by atoms with Crippen molar-refractivity contribution in [2.24, 2.45) is 0 Å². The Labute approximate surface area is 138 Å². The van der Waals surface area contributed by atoms with Crippen molar-refractivity contribution in [3.05, 3.63) is 42.1 Å². The molecule has 124 valence electrons. The smallest absolute Gasteiger partial charge is 0.227 e. The van der Waals surface area contributed by atoms with Gasteiger partial charge in [0.05, 0.1) is 7.11 Å². The van der Waals surface area contributed by atoms with Crippen molar-refractivity contribution in [2.75, 3.05) is 30.4 Å². The lowest BCUT2D eigenvalue weighted by Gasteiger charge is -2.21. The standard InChI is InChI=1S/C18H26N4O/c1-4-12-22(13-5-2)18-19-11-10-17(21-18)20-14-15-6-8-16(23-3)9-7-15/h6-11H,4-5,12-14H2,1-3H3,(H,19,20,21). The summed E-state index contributed by atoms with van der Waals surface area (Å²) in [7, 11) is 1.67. The normalized spacial score (nSPS) is 10.4. The van der Waals surface area contributed by atoms with Gasteiger partial charge in [-0.25, -0.2) is 4.98 Å². The monoisotopic (exact) mass is 314 g/mol. The Morgan fingerprint density at radius 3 is 2.35 bits per heavy atom. The second kappa shape index (κ2) is 8.98. The molecule has 1 heterocycles. The second-order valence-electron chi connectivity index (χ2n) is 5.43. The zero-order valence-electron chi connectivity index (χ0n) is 14.2. The lowest BCUT2D eigenvalue weighted by atomic mass is 10.2. The molecular weight excluding hydrogens is 288 g/mol. The Balaban J connectivity index is 2.00. The highest BCUT2D eigenvalue weighted by atomic mass is 16.5. The first kappa shape index (κ1) is 17.1. The van der Waals surface area contributed by atoms with E-state index in [1.807, 2.05) is 24.4 Å². The van der Waals surface area contributed by atoms with E-state index in [1.165, 1.54) is 5.56 Å². The molecule has 5 nitrogen and oxygen atoms in total. The number of hydrogen-bond donors (Lipinski definition) is 1. The molecule has 0 radical (unpaired) electrons. The fraction of sp³-hybridized carbons (Fsp3) is 0.444. The van der Waals surface area contributed by atoms with Gasteiger partial charge < -0.3 is 15.0 Å². The fourth-order valence-corrected chi connectivity index (χ4v) is 2.39. The molecule has 0 spiro atoms. The molecule has 0 amide bonds. The van der Waals surface area contributed by atoms with Crippen LogP contribution < -0.4 is 15.0 Å². The summed E-state index contributed by atoms with van der Waals surface area (Å²) in [5, 5.41) is 3.36. The maximum Gasteiger partial charge on any atom is 0.227 e. The van der Waals surface area contributed by atoms with E-state index in [2.05, 4.69) is 46.2 Å². The largest absolute Gasteiger partial charge is 0.497 e. The van der Waals surface area contributed by atoms with Crippen LogP contribution >= 0.6 is 0 Å². The van der Waals surface area contributed by atoms with Gasteiger partial charge in [-0.3, -0.25) is 0 Å². The van der Waals surface area contributed by atoms with Crippen molar-refractivity contribution in [2.45, 2.75) is 33.2 Å². The number of rotatable bonds is 9. The molecule has 2 rings (SSSR count). The van der Waals surface area contributed by atoms with Crippen molar-refractivity contribution in [3.8, 4) is 5.75 Å². The van der Waals surface area contributed by atoms with Crippen LogP contribution in [-0.2, 0) is 6.54 Å². The third-order valence-corrected chi connectivity index (χ3v) is 3.55. The van der Waals surface area contributed by atoms with Crippen molar-refractivity contribution in [1.29, 1.82) is 0 Å². The maximum atomic E-state index is 5.17. The summed E-state index contributed by atoms with van der Waals surface area (Å²) in [6.45, 7) is 7.04. The fourth-order valence-electron chi connectivity index (χ4n) is 2.39. The van der Waals surface area contributed by atoms with Crippen molar-refractivity contribution < 1.29 is 4.74 Å². The number of anilines is 2. The van der Waals surface area contributed by atoms with Gasteiger partial charge in [0, 0.05) is 25.8 Å². The Bertz CT molecular complexity index is 580. The third kappa shape index (κ3) is 5.13. The van der Waals surface area contributed by atoms with Gasteiger partial charge in [-0.1, -0.05) is 26.0 Å². The number of ether oxygens (including phenoxy) is 1. The number of nitrogens with zero attached hydrogens (tertiary/aromatic N) is 3. The molecule has 0 unspecified atom stereocenters. The van der Waals surface area contributed by atoms with Gasteiger partial charge in [-0.2, -0.15) is 4.98 Å². The highest BCUT2D eigenvalue weighted by Crippen LogP contribution is 2.15. The van der Waals surface area contributed by atoms with Crippen molar-refractivity contribution in [1.82, 2.24) is 9.97 Å². The summed E-state index contributed by atoms with van der Waals surface area (Å²) in [6, 6.07) is 9.94. The van der Waals surface area contributed by atoms with Gasteiger partial charge in [0.2, 0.25) is 5.95 Å². The highest BCUT2D eigenvalue weighted by molar-refractivity contribution is 5.42. The molecular formula is C18H26N4O. The van der Waals surface area contributed by atoms with Crippen LogP contribution in [0.4, 0.5) is 11.8 Å². The first-order valence-electron chi connectivity index (χ1n) is 8.21. The molecule has 1 N–H and O–H groups in total. The molecule has 0 aliphatic carbocycles. The molecule has 5 heteroatoms. The second-order valence-corrected chi connectivity index (χ2v) is 5.43. The quantitative estimate of drug-likeness (QED) is 0.764. The van der Waals surface area contributed by atoms with Gasteiger partial charge >= 0.3 is 0 Å². The minimum absolute atomic E-state index is 0.724.